The van der Waals surface area contributed by atoms with Crippen LogP contribution in [0.1, 0.15) is 15.3 Å². The van der Waals surface area contributed by atoms with Crippen molar-refractivity contribution in [2.24, 2.45) is 0 Å². The van der Waals surface area contributed by atoms with E-state index in [1.807, 2.05) is 44.2 Å². The Kier molecular flexibility index (Phi) is 4.04. The highest BCUT2D eigenvalue weighted by molar-refractivity contribution is 9.10. The Morgan fingerprint density at radius 2 is 1.95 bits per heavy atom. The Balaban J connectivity index is 2.26. The normalized spacial score (nSPS) is 10.6. The Morgan fingerprint density at radius 3 is 2.50 bits per heavy atom. The molecule has 0 aliphatic heterocycles. The van der Waals surface area contributed by atoms with Crippen molar-refractivity contribution in [1.29, 1.82) is 5.26 Å². The van der Waals surface area contributed by atoms with Gasteiger partial charge in [-0.1, -0.05) is 0 Å². The molecule has 1 N–H and O–H groups in total. The number of nitrogens with zero attached hydrogens (tertiary/aromatic N) is 1. The summed E-state index contributed by atoms with van der Waals surface area (Å²) in [6.07, 6.45) is 0. The highest BCUT2D eigenvalue weighted by atomic mass is 79.9. The number of rotatable bonds is 2. The van der Waals surface area contributed by atoms with E-state index >= 15 is 0 Å². The molecule has 0 radical (unpaired) electrons. The number of pyridine rings is 1. The molecule has 0 saturated carbocycles. The Bertz CT molecular complexity index is 940. The number of hydrogen-bond acceptors (Lipinski definition) is 4. The first-order valence-corrected chi connectivity index (χ1v) is 8.92. The largest absolute Gasteiger partial charge is 0.320 e. The number of aromatic nitrogens is 1. The van der Waals surface area contributed by atoms with Gasteiger partial charge >= 0.3 is 0 Å². The van der Waals surface area contributed by atoms with Crippen LogP contribution in [0.5, 0.6) is 0 Å². The van der Waals surface area contributed by atoms with E-state index in [1.165, 1.54) is 4.88 Å². The smallest absolute Gasteiger partial charge is 0.267 e. The van der Waals surface area contributed by atoms with Crippen molar-refractivity contribution in [3.63, 3.8) is 0 Å². The van der Waals surface area contributed by atoms with Gasteiger partial charge in [-0.2, -0.15) is 5.26 Å². The van der Waals surface area contributed by atoms with Crippen molar-refractivity contribution < 1.29 is 0 Å². The Hall–Kier alpha value is -1.68. The van der Waals surface area contributed by atoms with Crippen LogP contribution in [0.2, 0.25) is 0 Å². The van der Waals surface area contributed by atoms with Gasteiger partial charge in [0.25, 0.3) is 5.56 Å². The van der Waals surface area contributed by atoms with Crippen LogP contribution in [-0.4, -0.2) is 4.98 Å². The summed E-state index contributed by atoms with van der Waals surface area (Å²) in [6, 6.07) is 9.87. The van der Waals surface area contributed by atoms with Crippen LogP contribution in [0.3, 0.4) is 0 Å². The number of halogens is 1. The fraction of sp³-hybridized carbons (Fsp3) is 0.125. The lowest BCUT2D eigenvalue weighted by Gasteiger charge is -2.04. The van der Waals surface area contributed by atoms with Crippen LogP contribution in [-0.2, 0) is 0 Å². The molecule has 3 rings (SSSR count). The van der Waals surface area contributed by atoms with Crippen LogP contribution in [0.15, 0.2) is 33.5 Å². The maximum Gasteiger partial charge on any atom is 0.267 e. The standard InChI is InChI=1S/C16H11BrN2OS2/c1-8-3-4-14(21-8)13-5-10(11(7-18)16(20)19-13)15-6-12(17)9(2)22-15/h3-6H,1-2H3,(H,19,20). The summed E-state index contributed by atoms with van der Waals surface area (Å²) in [7, 11) is 0. The van der Waals surface area contributed by atoms with Crippen molar-refractivity contribution in [2.45, 2.75) is 13.8 Å². The van der Waals surface area contributed by atoms with Crippen LogP contribution >= 0.6 is 38.6 Å². The molecule has 0 atom stereocenters. The monoisotopic (exact) mass is 390 g/mol. The van der Waals surface area contributed by atoms with E-state index in [-0.39, 0.29) is 11.1 Å². The van der Waals surface area contributed by atoms with Gasteiger partial charge in [0.1, 0.15) is 11.6 Å². The lowest BCUT2D eigenvalue weighted by Crippen LogP contribution is -2.12. The summed E-state index contributed by atoms with van der Waals surface area (Å²) in [5, 5.41) is 9.33. The average molecular weight is 391 g/mol. The van der Waals surface area contributed by atoms with Gasteiger partial charge in [0, 0.05) is 24.7 Å². The van der Waals surface area contributed by atoms with Gasteiger partial charge in [0.2, 0.25) is 0 Å². The molecular weight excluding hydrogens is 380 g/mol. The van der Waals surface area contributed by atoms with Crippen LogP contribution in [0, 0.1) is 25.2 Å². The molecule has 3 aromatic heterocycles. The van der Waals surface area contributed by atoms with Crippen molar-refractivity contribution in [1.82, 2.24) is 4.98 Å². The summed E-state index contributed by atoms with van der Waals surface area (Å²) in [4.78, 5) is 19.3. The third-order valence-corrected chi connectivity index (χ3v) is 6.48. The Labute approximate surface area is 144 Å². The van der Waals surface area contributed by atoms with E-state index < -0.39 is 0 Å². The zero-order valence-corrected chi connectivity index (χ0v) is 15.1. The molecule has 0 unspecified atom stereocenters. The van der Waals surface area contributed by atoms with E-state index in [4.69, 9.17) is 0 Å². The van der Waals surface area contributed by atoms with Crippen LogP contribution < -0.4 is 5.56 Å². The van der Waals surface area contributed by atoms with Gasteiger partial charge in [-0.05, 0) is 54.0 Å². The molecule has 0 aromatic carbocycles. The maximum atomic E-state index is 12.3. The van der Waals surface area contributed by atoms with Crippen molar-refractivity contribution in [3.05, 3.63) is 54.4 Å². The predicted octanol–water partition coefficient (Wildman–Crippen LogP) is 5.08. The summed E-state index contributed by atoms with van der Waals surface area (Å²) in [5.74, 6) is 0. The Morgan fingerprint density at radius 1 is 1.18 bits per heavy atom. The number of thiophene rings is 2. The molecule has 22 heavy (non-hydrogen) atoms. The van der Waals surface area contributed by atoms with E-state index in [0.29, 0.717) is 5.56 Å². The van der Waals surface area contributed by atoms with E-state index in [0.717, 1.165) is 24.8 Å². The molecule has 3 nitrogen and oxygen atoms in total. The molecule has 0 saturated heterocycles. The van der Waals surface area contributed by atoms with Gasteiger partial charge in [-0.3, -0.25) is 4.79 Å². The third-order valence-electron chi connectivity index (χ3n) is 3.27. The number of hydrogen-bond donors (Lipinski definition) is 1. The topological polar surface area (TPSA) is 56.6 Å². The fourth-order valence-electron chi connectivity index (χ4n) is 2.17. The quantitative estimate of drug-likeness (QED) is 0.662. The number of aromatic amines is 1. The number of nitrogens with one attached hydrogen (secondary N) is 1. The van der Waals surface area contributed by atoms with Gasteiger partial charge < -0.3 is 4.98 Å². The van der Waals surface area contributed by atoms with E-state index in [2.05, 4.69) is 20.9 Å². The molecular formula is C16H11BrN2OS2. The zero-order chi connectivity index (χ0) is 15.9. The van der Waals surface area contributed by atoms with Crippen LogP contribution in [0.25, 0.3) is 21.0 Å². The number of aryl methyl sites for hydroxylation is 2. The minimum atomic E-state index is -0.344. The third kappa shape index (κ3) is 2.68. The minimum absolute atomic E-state index is 0.158. The van der Waals surface area contributed by atoms with Gasteiger partial charge in [0.05, 0.1) is 10.6 Å². The second-order valence-electron chi connectivity index (χ2n) is 4.84. The van der Waals surface area contributed by atoms with Crippen molar-refractivity contribution in [2.75, 3.05) is 0 Å². The molecule has 0 bridgehead atoms. The summed E-state index contributed by atoms with van der Waals surface area (Å²) < 4.78 is 0.991. The highest BCUT2D eigenvalue weighted by Crippen LogP contribution is 2.36. The second kappa shape index (κ2) is 5.84. The molecule has 0 aliphatic carbocycles. The van der Waals surface area contributed by atoms with Gasteiger partial charge in [0.15, 0.2) is 0 Å². The molecule has 0 spiro atoms. The van der Waals surface area contributed by atoms with Crippen molar-refractivity contribution in [3.8, 4) is 27.1 Å². The van der Waals surface area contributed by atoms with Gasteiger partial charge in [-0.25, -0.2) is 0 Å². The summed E-state index contributed by atoms with van der Waals surface area (Å²) in [5.41, 5.74) is 1.25. The first-order valence-electron chi connectivity index (χ1n) is 6.50. The highest BCUT2D eigenvalue weighted by Gasteiger charge is 2.15. The van der Waals surface area contributed by atoms with E-state index in [1.54, 1.807) is 22.7 Å². The van der Waals surface area contributed by atoms with E-state index in [9.17, 15) is 10.1 Å². The fourth-order valence-corrected chi connectivity index (χ4v) is 4.57. The first-order chi connectivity index (χ1) is 10.5. The summed E-state index contributed by atoms with van der Waals surface area (Å²) in [6.45, 7) is 4.03. The SMILES string of the molecule is Cc1ccc(-c2cc(-c3cc(Br)c(C)s3)c(C#N)c(=O)[nH]2)s1. The molecule has 6 heteroatoms. The molecule has 0 aliphatic rings. The summed E-state index contributed by atoms with van der Waals surface area (Å²) >= 11 is 6.67. The van der Waals surface area contributed by atoms with Crippen molar-refractivity contribution >= 4 is 38.6 Å². The average Bonchev–Trinajstić information content (AvgIpc) is 3.05. The molecule has 3 heterocycles. The molecule has 110 valence electrons. The van der Waals surface area contributed by atoms with Gasteiger partial charge in [-0.15, -0.1) is 22.7 Å². The number of nitriles is 1. The minimum Gasteiger partial charge on any atom is -0.320 e. The lowest BCUT2D eigenvalue weighted by atomic mass is 10.1. The molecule has 3 aromatic rings. The number of H-pyrrole nitrogens is 1. The lowest BCUT2D eigenvalue weighted by molar-refractivity contribution is 1.23. The second-order valence-corrected chi connectivity index (χ2v) is 8.24. The maximum absolute atomic E-state index is 12.3. The van der Waals surface area contributed by atoms with Crippen LogP contribution in [0.4, 0.5) is 0 Å². The predicted molar refractivity (Wildman–Crippen MR) is 95.6 cm³/mol. The molecule has 0 amide bonds. The first kappa shape index (κ1) is 15.2. The molecule has 0 fully saturated rings. The zero-order valence-electron chi connectivity index (χ0n) is 11.9.